The van der Waals surface area contributed by atoms with Crippen LogP contribution in [0.4, 0.5) is 5.69 Å². The Morgan fingerprint density at radius 1 is 1.39 bits per heavy atom. The van der Waals surface area contributed by atoms with Crippen LogP contribution < -0.4 is 10.6 Å². The van der Waals surface area contributed by atoms with Gasteiger partial charge < -0.3 is 15.7 Å². The maximum Gasteiger partial charge on any atom is 0.241 e. The number of phenolic OH excluding ortho intramolecular Hbond substituents is 1. The minimum Gasteiger partial charge on any atom is -0.505 e. The Balaban J connectivity index is 2.03. The van der Waals surface area contributed by atoms with Crippen LogP contribution in [0.1, 0.15) is 31.2 Å². The van der Waals surface area contributed by atoms with Crippen LogP contribution >= 0.6 is 0 Å². The van der Waals surface area contributed by atoms with E-state index in [1.807, 2.05) is 19.1 Å². The molecule has 1 fully saturated rings. The Kier molecular flexibility index (Phi) is 4.20. The van der Waals surface area contributed by atoms with Gasteiger partial charge in [0.05, 0.1) is 11.7 Å². The van der Waals surface area contributed by atoms with E-state index in [-0.39, 0.29) is 17.7 Å². The molecule has 1 aromatic carbocycles. The molecule has 0 bridgehead atoms. The molecular weight excluding hydrogens is 228 g/mol. The minimum atomic E-state index is -0.146. The zero-order valence-electron chi connectivity index (χ0n) is 10.7. The molecule has 0 radical (unpaired) electrons. The molecule has 4 nitrogen and oxygen atoms in total. The van der Waals surface area contributed by atoms with Gasteiger partial charge in [-0.3, -0.25) is 4.79 Å². The average Bonchev–Trinajstić information content (AvgIpc) is 2.63. The van der Waals surface area contributed by atoms with Crippen LogP contribution in [-0.4, -0.2) is 23.6 Å². The van der Waals surface area contributed by atoms with E-state index in [2.05, 4.69) is 10.6 Å². The highest BCUT2D eigenvalue weighted by molar-refractivity contribution is 5.96. The van der Waals surface area contributed by atoms with Gasteiger partial charge in [0, 0.05) is 0 Å². The molecule has 1 heterocycles. The fourth-order valence-electron chi connectivity index (χ4n) is 2.23. The SMILES string of the molecule is Cc1cccc(NC(=O)C2CCCCCN2)c1O. The van der Waals surface area contributed by atoms with Crippen LogP contribution in [0.3, 0.4) is 0 Å². The van der Waals surface area contributed by atoms with E-state index in [9.17, 15) is 9.90 Å². The fraction of sp³-hybridized carbons (Fsp3) is 0.500. The molecular formula is C14H20N2O2. The van der Waals surface area contributed by atoms with E-state index in [1.165, 1.54) is 6.42 Å². The summed E-state index contributed by atoms with van der Waals surface area (Å²) in [4.78, 5) is 12.1. The van der Waals surface area contributed by atoms with Gasteiger partial charge in [0.2, 0.25) is 5.91 Å². The second-order valence-corrected chi connectivity index (χ2v) is 4.82. The summed E-state index contributed by atoms with van der Waals surface area (Å²) in [5.41, 5.74) is 1.26. The summed E-state index contributed by atoms with van der Waals surface area (Å²) in [5, 5.41) is 15.9. The lowest BCUT2D eigenvalue weighted by atomic mass is 10.1. The molecule has 18 heavy (non-hydrogen) atoms. The number of carbonyl (C=O) groups excluding carboxylic acids is 1. The number of benzene rings is 1. The summed E-state index contributed by atoms with van der Waals surface area (Å²) < 4.78 is 0. The number of carbonyl (C=O) groups is 1. The normalized spacial score (nSPS) is 20.2. The second kappa shape index (κ2) is 5.87. The zero-order chi connectivity index (χ0) is 13.0. The van der Waals surface area contributed by atoms with Crippen LogP contribution in [0.2, 0.25) is 0 Å². The maximum atomic E-state index is 12.1. The molecule has 3 N–H and O–H groups in total. The highest BCUT2D eigenvalue weighted by atomic mass is 16.3. The van der Waals surface area contributed by atoms with E-state index >= 15 is 0 Å². The molecule has 1 aromatic rings. The van der Waals surface area contributed by atoms with E-state index in [0.717, 1.165) is 31.4 Å². The predicted molar refractivity (Wildman–Crippen MR) is 71.7 cm³/mol. The molecule has 0 spiro atoms. The maximum absolute atomic E-state index is 12.1. The number of hydrogen-bond acceptors (Lipinski definition) is 3. The third kappa shape index (κ3) is 3.01. The van der Waals surface area contributed by atoms with E-state index in [0.29, 0.717) is 5.69 Å². The molecule has 1 aliphatic rings. The van der Waals surface area contributed by atoms with Crippen molar-refractivity contribution in [3.05, 3.63) is 23.8 Å². The van der Waals surface area contributed by atoms with Crippen molar-refractivity contribution >= 4 is 11.6 Å². The van der Waals surface area contributed by atoms with Gasteiger partial charge in [-0.05, 0) is 37.9 Å². The first-order chi connectivity index (χ1) is 8.68. The van der Waals surface area contributed by atoms with Gasteiger partial charge in [-0.25, -0.2) is 0 Å². The summed E-state index contributed by atoms with van der Waals surface area (Å²) in [7, 11) is 0. The van der Waals surface area contributed by atoms with Gasteiger partial charge in [-0.15, -0.1) is 0 Å². The number of phenols is 1. The number of anilines is 1. The zero-order valence-corrected chi connectivity index (χ0v) is 10.7. The van der Waals surface area contributed by atoms with Gasteiger partial charge in [0.1, 0.15) is 5.75 Å². The Morgan fingerprint density at radius 3 is 3.06 bits per heavy atom. The minimum absolute atomic E-state index is 0.0576. The van der Waals surface area contributed by atoms with E-state index < -0.39 is 0 Å². The first kappa shape index (κ1) is 12.9. The smallest absolute Gasteiger partial charge is 0.241 e. The average molecular weight is 248 g/mol. The molecule has 1 amide bonds. The first-order valence-corrected chi connectivity index (χ1v) is 6.51. The molecule has 0 saturated carbocycles. The van der Waals surface area contributed by atoms with Crippen LogP contribution in [0, 0.1) is 6.92 Å². The Bertz CT molecular complexity index is 424. The van der Waals surface area contributed by atoms with Crippen molar-refractivity contribution in [3.8, 4) is 5.75 Å². The van der Waals surface area contributed by atoms with Gasteiger partial charge in [-0.1, -0.05) is 25.0 Å². The largest absolute Gasteiger partial charge is 0.505 e. The van der Waals surface area contributed by atoms with Crippen molar-refractivity contribution in [2.45, 2.75) is 38.6 Å². The Hall–Kier alpha value is -1.55. The molecule has 1 aliphatic heterocycles. The van der Waals surface area contributed by atoms with Crippen LogP contribution in [0.25, 0.3) is 0 Å². The third-order valence-electron chi connectivity index (χ3n) is 3.37. The molecule has 1 unspecified atom stereocenters. The molecule has 1 atom stereocenters. The number of amides is 1. The number of rotatable bonds is 2. The third-order valence-corrected chi connectivity index (χ3v) is 3.37. The number of aryl methyl sites for hydroxylation is 1. The molecule has 0 aliphatic carbocycles. The predicted octanol–water partition coefficient (Wildman–Crippen LogP) is 2.17. The van der Waals surface area contributed by atoms with Gasteiger partial charge >= 0.3 is 0 Å². The van der Waals surface area contributed by atoms with E-state index in [4.69, 9.17) is 0 Å². The summed E-state index contributed by atoms with van der Waals surface area (Å²) in [6, 6.07) is 5.21. The van der Waals surface area contributed by atoms with Crippen molar-refractivity contribution < 1.29 is 9.90 Å². The van der Waals surface area contributed by atoms with Gasteiger partial charge in [-0.2, -0.15) is 0 Å². The van der Waals surface area contributed by atoms with Crippen LogP contribution in [-0.2, 0) is 4.79 Å². The summed E-state index contributed by atoms with van der Waals surface area (Å²) in [6.45, 7) is 2.70. The Morgan fingerprint density at radius 2 is 2.22 bits per heavy atom. The summed E-state index contributed by atoms with van der Waals surface area (Å²) >= 11 is 0. The fourth-order valence-corrected chi connectivity index (χ4v) is 2.23. The number of nitrogens with one attached hydrogen (secondary N) is 2. The number of para-hydroxylation sites is 1. The van der Waals surface area contributed by atoms with Crippen LogP contribution in [0.15, 0.2) is 18.2 Å². The van der Waals surface area contributed by atoms with E-state index in [1.54, 1.807) is 6.07 Å². The monoisotopic (exact) mass is 248 g/mol. The van der Waals surface area contributed by atoms with Crippen molar-refractivity contribution in [3.63, 3.8) is 0 Å². The molecule has 4 heteroatoms. The van der Waals surface area contributed by atoms with Gasteiger partial charge in [0.15, 0.2) is 0 Å². The lowest BCUT2D eigenvalue weighted by Crippen LogP contribution is -2.39. The first-order valence-electron chi connectivity index (χ1n) is 6.51. The lowest BCUT2D eigenvalue weighted by molar-refractivity contribution is -0.118. The van der Waals surface area contributed by atoms with Crippen molar-refractivity contribution in [2.24, 2.45) is 0 Å². The molecule has 98 valence electrons. The summed E-state index contributed by atoms with van der Waals surface area (Å²) in [6.07, 6.45) is 4.23. The van der Waals surface area contributed by atoms with Crippen LogP contribution in [0.5, 0.6) is 5.75 Å². The summed E-state index contributed by atoms with van der Waals surface area (Å²) in [5.74, 6) is 0.0947. The number of hydrogen-bond donors (Lipinski definition) is 3. The molecule has 0 aromatic heterocycles. The standard InChI is InChI=1S/C14H20N2O2/c1-10-6-5-8-11(13(10)17)16-14(18)12-7-3-2-4-9-15-12/h5-6,8,12,15,17H,2-4,7,9H2,1H3,(H,16,18). The highest BCUT2D eigenvalue weighted by Gasteiger charge is 2.20. The quantitative estimate of drug-likeness (QED) is 0.703. The van der Waals surface area contributed by atoms with Crippen molar-refractivity contribution in [2.75, 3.05) is 11.9 Å². The second-order valence-electron chi connectivity index (χ2n) is 4.82. The Labute approximate surface area is 107 Å². The molecule has 2 rings (SSSR count). The number of aromatic hydroxyl groups is 1. The molecule has 1 saturated heterocycles. The highest BCUT2D eigenvalue weighted by Crippen LogP contribution is 2.26. The topological polar surface area (TPSA) is 61.4 Å². The van der Waals surface area contributed by atoms with Crippen molar-refractivity contribution in [1.29, 1.82) is 0 Å². The van der Waals surface area contributed by atoms with Gasteiger partial charge in [0.25, 0.3) is 0 Å². The van der Waals surface area contributed by atoms with Crippen molar-refractivity contribution in [1.82, 2.24) is 5.32 Å². The lowest BCUT2D eigenvalue weighted by Gasteiger charge is -2.16.